The highest BCUT2D eigenvalue weighted by Gasteiger charge is 2.23. The van der Waals surface area contributed by atoms with Crippen molar-refractivity contribution in [3.63, 3.8) is 0 Å². The molecule has 1 unspecified atom stereocenters. The van der Waals surface area contributed by atoms with Crippen molar-refractivity contribution in [3.05, 3.63) is 12.1 Å². The van der Waals surface area contributed by atoms with Gasteiger partial charge < -0.3 is 23.7 Å². The van der Waals surface area contributed by atoms with Gasteiger partial charge in [-0.15, -0.1) is 0 Å². The molecular weight excluding hydrogens is 224 g/mol. The fourth-order valence-corrected chi connectivity index (χ4v) is 1.49. The summed E-state index contributed by atoms with van der Waals surface area (Å²) < 4.78 is 26.3. The lowest BCUT2D eigenvalue weighted by Crippen LogP contribution is -2.05. The van der Waals surface area contributed by atoms with Crippen LogP contribution < -0.4 is 18.9 Å². The van der Waals surface area contributed by atoms with Gasteiger partial charge in [0.15, 0.2) is 11.5 Å². The molecular formula is C12H16O5. The number of hydrogen-bond donors (Lipinski definition) is 0. The Morgan fingerprint density at radius 3 is 2.12 bits per heavy atom. The second-order valence-corrected chi connectivity index (χ2v) is 3.63. The molecule has 0 bridgehead atoms. The molecule has 2 rings (SSSR count). The smallest absolute Gasteiger partial charge is 0.203 e. The second-order valence-electron chi connectivity index (χ2n) is 3.63. The summed E-state index contributed by atoms with van der Waals surface area (Å²) in [5, 5.41) is 0. The summed E-state index contributed by atoms with van der Waals surface area (Å²) in [6, 6.07) is 3.54. The Labute approximate surface area is 100 Å². The van der Waals surface area contributed by atoms with E-state index in [9.17, 15) is 0 Å². The van der Waals surface area contributed by atoms with Gasteiger partial charge in [0, 0.05) is 12.1 Å². The van der Waals surface area contributed by atoms with Crippen LogP contribution in [-0.4, -0.2) is 40.6 Å². The van der Waals surface area contributed by atoms with Crippen molar-refractivity contribution < 1.29 is 23.7 Å². The standard InChI is InChI=1S/C12H16O5/c1-13-10-4-8(16-6-9-7-17-9)5-11(14-2)12(10)15-3/h4-5,9H,6-7H2,1-3H3. The average Bonchev–Trinajstić information content (AvgIpc) is 3.18. The molecule has 1 aliphatic heterocycles. The number of hydrogen-bond acceptors (Lipinski definition) is 5. The fourth-order valence-electron chi connectivity index (χ4n) is 1.49. The van der Waals surface area contributed by atoms with Gasteiger partial charge in [-0.3, -0.25) is 0 Å². The van der Waals surface area contributed by atoms with Gasteiger partial charge in [-0.2, -0.15) is 0 Å². The van der Waals surface area contributed by atoms with E-state index >= 15 is 0 Å². The maximum Gasteiger partial charge on any atom is 0.203 e. The summed E-state index contributed by atoms with van der Waals surface area (Å²) >= 11 is 0. The van der Waals surface area contributed by atoms with Crippen LogP contribution in [0.15, 0.2) is 12.1 Å². The maximum atomic E-state index is 5.57. The largest absolute Gasteiger partial charge is 0.493 e. The predicted molar refractivity (Wildman–Crippen MR) is 61.3 cm³/mol. The van der Waals surface area contributed by atoms with Crippen LogP contribution in [0.3, 0.4) is 0 Å². The molecule has 1 aromatic rings. The quantitative estimate of drug-likeness (QED) is 0.705. The number of epoxide rings is 1. The third kappa shape index (κ3) is 2.74. The molecule has 0 saturated carbocycles. The number of rotatable bonds is 6. The van der Waals surface area contributed by atoms with E-state index in [2.05, 4.69) is 0 Å². The molecule has 0 N–H and O–H groups in total. The van der Waals surface area contributed by atoms with Gasteiger partial charge in [0.1, 0.15) is 18.5 Å². The van der Waals surface area contributed by atoms with Crippen molar-refractivity contribution in [1.82, 2.24) is 0 Å². The molecule has 0 aromatic heterocycles. The zero-order valence-corrected chi connectivity index (χ0v) is 10.2. The Kier molecular flexibility index (Phi) is 3.58. The van der Waals surface area contributed by atoms with Crippen LogP contribution in [0.5, 0.6) is 23.0 Å². The molecule has 1 atom stereocenters. The summed E-state index contributed by atoms with van der Waals surface area (Å²) in [5.41, 5.74) is 0. The number of ether oxygens (including phenoxy) is 5. The van der Waals surface area contributed by atoms with E-state index in [1.165, 1.54) is 0 Å². The monoisotopic (exact) mass is 240 g/mol. The minimum atomic E-state index is 0.217. The first-order valence-electron chi connectivity index (χ1n) is 5.33. The van der Waals surface area contributed by atoms with Gasteiger partial charge in [-0.1, -0.05) is 0 Å². The summed E-state index contributed by atoms with van der Waals surface area (Å²) in [5.74, 6) is 2.40. The van der Waals surface area contributed by atoms with E-state index in [1.54, 1.807) is 33.5 Å². The van der Waals surface area contributed by atoms with Crippen molar-refractivity contribution in [2.75, 3.05) is 34.5 Å². The number of benzene rings is 1. The molecule has 1 aliphatic rings. The number of methoxy groups -OCH3 is 3. The molecule has 5 heteroatoms. The maximum absolute atomic E-state index is 5.57. The van der Waals surface area contributed by atoms with E-state index in [4.69, 9.17) is 23.7 Å². The third-order valence-electron chi connectivity index (χ3n) is 2.48. The van der Waals surface area contributed by atoms with E-state index in [1.807, 2.05) is 0 Å². The van der Waals surface area contributed by atoms with Crippen molar-refractivity contribution in [3.8, 4) is 23.0 Å². The van der Waals surface area contributed by atoms with Gasteiger partial charge in [0.2, 0.25) is 5.75 Å². The Bertz CT molecular complexity index is 361. The SMILES string of the molecule is COc1cc(OCC2CO2)cc(OC)c1OC. The van der Waals surface area contributed by atoms with Crippen LogP contribution in [0.2, 0.25) is 0 Å². The molecule has 1 saturated heterocycles. The molecule has 0 radical (unpaired) electrons. The zero-order chi connectivity index (χ0) is 12.3. The van der Waals surface area contributed by atoms with E-state index in [0.29, 0.717) is 29.6 Å². The van der Waals surface area contributed by atoms with E-state index in [0.717, 1.165) is 6.61 Å². The van der Waals surface area contributed by atoms with Crippen molar-refractivity contribution >= 4 is 0 Å². The zero-order valence-electron chi connectivity index (χ0n) is 10.2. The predicted octanol–water partition coefficient (Wildman–Crippen LogP) is 1.49. The molecule has 0 amide bonds. The Morgan fingerprint density at radius 1 is 1.12 bits per heavy atom. The lowest BCUT2D eigenvalue weighted by Gasteiger charge is -2.14. The fraction of sp³-hybridized carbons (Fsp3) is 0.500. The van der Waals surface area contributed by atoms with Gasteiger partial charge in [-0.05, 0) is 0 Å². The topological polar surface area (TPSA) is 49.5 Å². The highest BCUT2D eigenvalue weighted by molar-refractivity contribution is 5.55. The van der Waals surface area contributed by atoms with Gasteiger partial charge >= 0.3 is 0 Å². The third-order valence-corrected chi connectivity index (χ3v) is 2.48. The first kappa shape index (κ1) is 11.9. The first-order chi connectivity index (χ1) is 8.28. The van der Waals surface area contributed by atoms with Crippen LogP contribution in [0.4, 0.5) is 0 Å². The van der Waals surface area contributed by atoms with Crippen LogP contribution in [0, 0.1) is 0 Å². The van der Waals surface area contributed by atoms with Crippen LogP contribution in [-0.2, 0) is 4.74 Å². The summed E-state index contributed by atoms with van der Waals surface area (Å²) in [7, 11) is 4.72. The molecule has 1 aromatic carbocycles. The van der Waals surface area contributed by atoms with Gasteiger partial charge in [0.05, 0.1) is 27.9 Å². The molecule has 1 heterocycles. The lowest BCUT2D eigenvalue weighted by molar-refractivity contribution is 0.258. The molecule has 0 aliphatic carbocycles. The van der Waals surface area contributed by atoms with Gasteiger partial charge in [0.25, 0.3) is 0 Å². The van der Waals surface area contributed by atoms with Gasteiger partial charge in [-0.25, -0.2) is 0 Å². The Morgan fingerprint density at radius 2 is 1.71 bits per heavy atom. The summed E-state index contributed by atoms with van der Waals surface area (Å²) in [4.78, 5) is 0. The average molecular weight is 240 g/mol. The van der Waals surface area contributed by atoms with E-state index in [-0.39, 0.29) is 6.10 Å². The highest BCUT2D eigenvalue weighted by atomic mass is 16.6. The molecule has 94 valence electrons. The summed E-state index contributed by atoms with van der Waals surface area (Å²) in [6.07, 6.45) is 0.217. The highest BCUT2D eigenvalue weighted by Crippen LogP contribution is 2.40. The van der Waals surface area contributed by atoms with E-state index < -0.39 is 0 Å². The summed E-state index contributed by atoms with van der Waals surface area (Å²) in [6.45, 7) is 1.31. The second kappa shape index (κ2) is 5.14. The van der Waals surface area contributed by atoms with Crippen molar-refractivity contribution in [1.29, 1.82) is 0 Å². The van der Waals surface area contributed by atoms with Crippen LogP contribution in [0.1, 0.15) is 0 Å². The Hall–Kier alpha value is -1.62. The Balaban J connectivity index is 2.19. The van der Waals surface area contributed by atoms with Crippen molar-refractivity contribution in [2.24, 2.45) is 0 Å². The minimum absolute atomic E-state index is 0.217. The first-order valence-corrected chi connectivity index (χ1v) is 5.33. The minimum Gasteiger partial charge on any atom is -0.493 e. The van der Waals surface area contributed by atoms with Crippen LogP contribution >= 0.6 is 0 Å². The van der Waals surface area contributed by atoms with Crippen molar-refractivity contribution in [2.45, 2.75) is 6.10 Å². The molecule has 0 spiro atoms. The molecule has 17 heavy (non-hydrogen) atoms. The van der Waals surface area contributed by atoms with Crippen LogP contribution in [0.25, 0.3) is 0 Å². The normalized spacial score (nSPS) is 17.5. The molecule has 5 nitrogen and oxygen atoms in total. The lowest BCUT2D eigenvalue weighted by atomic mass is 10.2. The molecule has 1 fully saturated rings.